The lowest BCUT2D eigenvalue weighted by molar-refractivity contribution is 0.324. The van der Waals surface area contributed by atoms with Crippen LogP contribution in [0.4, 0.5) is 0 Å². The van der Waals surface area contributed by atoms with Crippen LogP contribution in [0.2, 0.25) is 0 Å². The van der Waals surface area contributed by atoms with Crippen LogP contribution in [0, 0.1) is 0 Å². The molecule has 4 aromatic rings. The number of rotatable bonds is 7. The minimum Gasteiger partial charge on any atom is -0.497 e. The maximum Gasteiger partial charge on any atom is 0.203 e. The summed E-state index contributed by atoms with van der Waals surface area (Å²) in [6.45, 7) is 0. The molecule has 4 rings (SSSR count). The lowest BCUT2D eigenvalue weighted by Crippen LogP contribution is -1.98. The average Bonchev–Trinajstić information content (AvgIpc) is 3.16. The summed E-state index contributed by atoms with van der Waals surface area (Å²) in [6, 6.07) is 19.9. The van der Waals surface area contributed by atoms with E-state index in [2.05, 4.69) is 6.07 Å². The highest BCUT2D eigenvalue weighted by molar-refractivity contribution is 5.88. The SMILES string of the molecule is COc1ccc(-c2oc3ccccc3c2Cc2cc(OC)c(OC)c(OC)c2)cc1. The molecule has 0 spiro atoms. The van der Waals surface area contributed by atoms with E-state index in [1.54, 1.807) is 28.4 Å². The minimum atomic E-state index is 0.580. The van der Waals surface area contributed by atoms with Gasteiger partial charge in [0.1, 0.15) is 17.1 Å². The van der Waals surface area contributed by atoms with E-state index in [-0.39, 0.29) is 0 Å². The molecular formula is C25H24O5. The standard InChI is InChI=1S/C25H24O5/c1-26-18-11-9-17(10-12-18)24-20(19-7-5-6-8-21(19)30-24)13-16-14-22(27-2)25(29-4)23(15-16)28-3/h5-12,14-15H,13H2,1-4H3. The second-order valence-electron chi connectivity index (χ2n) is 6.84. The molecule has 0 unspecified atom stereocenters. The lowest BCUT2D eigenvalue weighted by atomic mass is 9.98. The molecule has 5 nitrogen and oxygen atoms in total. The summed E-state index contributed by atoms with van der Waals surface area (Å²) in [4.78, 5) is 0. The normalized spacial score (nSPS) is 10.8. The van der Waals surface area contributed by atoms with Crippen LogP contribution in [0.3, 0.4) is 0 Å². The molecule has 1 heterocycles. The molecule has 0 saturated carbocycles. The number of methoxy groups -OCH3 is 4. The minimum absolute atomic E-state index is 0.580. The number of furan rings is 1. The predicted octanol–water partition coefficient (Wildman–Crippen LogP) is 5.73. The quantitative estimate of drug-likeness (QED) is 0.394. The molecule has 0 radical (unpaired) electrons. The van der Waals surface area contributed by atoms with Crippen LogP contribution in [0.25, 0.3) is 22.3 Å². The molecule has 3 aromatic carbocycles. The van der Waals surface area contributed by atoms with E-state index in [1.807, 2.05) is 54.6 Å². The molecule has 0 aliphatic heterocycles. The molecular weight excluding hydrogens is 380 g/mol. The summed E-state index contributed by atoms with van der Waals surface area (Å²) in [5.74, 6) is 3.49. The summed E-state index contributed by atoms with van der Waals surface area (Å²) in [6.07, 6.45) is 0.648. The first-order valence-corrected chi connectivity index (χ1v) is 9.62. The van der Waals surface area contributed by atoms with E-state index >= 15 is 0 Å². The third-order valence-electron chi connectivity index (χ3n) is 5.16. The first-order chi connectivity index (χ1) is 14.7. The molecule has 0 N–H and O–H groups in total. The number of hydrogen-bond donors (Lipinski definition) is 0. The zero-order chi connectivity index (χ0) is 21.1. The smallest absolute Gasteiger partial charge is 0.203 e. The van der Waals surface area contributed by atoms with Crippen LogP contribution in [-0.2, 0) is 6.42 Å². The van der Waals surface area contributed by atoms with Crippen molar-refractivity contribution in [1.82, 2.24) is 0 Å². The van der Waals surface area contributed by atoms with Gasteiger partial charge in [-0.3, -0.25) is 0 Å². The number of hydrogen-bond acceptors (Lipinski definition) is 5. The van der Waals surface area contributed by atoms with Gasteiger partial charge in [-0.2, -0.15) is 0 Å². The molecule has 0 amide bonds. The maximum absolute atomic E-state index is 6.26. The highest BCUT2D eigenvalue weighted by Crippen LogP contribution is 2.41. The van der Waals surface area contributed by atoms with Gasteiger partial charge in [0, 0.05) is 22.9 Å². The van der Waals surface area contributed by atoms with Crippen LogP contribution < -0.4 is 18.9 Å². The summed E-state index contributed by atoms with van der Waals surface area (Å²) in [5, 5.41) is 1.08. The average molecular weight is 404 g/mol. The van der Waals surface area contributed by atoms with Crippen molar-refractivity contribution < 1.29 is 23.4 Å². The van der Waals surface area contributed by atoms with Crippen LogP contribution in [0.5, 0.6) is 23.0 Å². The molecule has 0 fully saturated rings. The monoisotopic (exact) mass is 404 g/mol. The number of para-hydroxylation sites is 1. The van der Waals surface area contributed by atoms with Crippen molar-refractivity contribution in [3.63, 3.8) is 0 Å². The molecule has 0 bridgehead atoms. The van der Waals surface area contributed by atoms with Crippen LogP contribution >= 0.6 is 0 Å². The van der Waals surface area contributed by atoms with E-state index in [4.69, 9.17) is 23.4 Å². The maximum atomic E-state index is 6.26. The Hall–Kier alpha value is -3.60. The lowest BCUT2D eigenvalue weighted by Gasteiger charge is -2.14. The zero-order valence-electron chi connectivity index (χ0n) is 17.5. The summed E-state index contributed by atoms with van der Waals surface area (Å²) >= 11 is 0. The third kappa shape index (κ3) is 3.54. The van der Waals surface area contributed by atoms with Gasteiger partial charge in [-0.25, -0.2) is 0 Å². The predicted molar refractivity (Wildman–Crippen MR) is 117 cm³/mol. The number of benzene rings is 3. The van der Waals surface area contributed by atoms with Gasteiger partial charge in [-0.15, -0.1) is 0 Å². The van der Waals surface area contributed by atoms with E-state index < -0.39 is 0 Å². The van der Waals surface area contributed by atoms with Crippen molar-refractivity contribution >= 4 is 11.0 Å². The third-order valence-corrected chi connectivity index (χ3v) is 5.16. The van der Waals surface area contributed by atoms with Crippen LogP contribution in [0.1, 0.15) is 11.1 Å². The van der Waals surface area contributed by atoms with E-state index in [0.717, 1.165) is 39.2 Å². The Bertz CT molecular complexity index is 1130. The summed E-state index contributed by atoms with van der Waals surface area (Å²) in [7, 11) is 6.51. The Morgan fingerprint density at radius 1 is 0.733 bits per heavy atom. The van der Waals surface area contributed by atoms with Gasteiger partial charge >= 0.3 is 0 Å². The fourth-order valence-corrected chi connectivity index (χ4v) is 3.69. The van der Waals surface area contributed by atoms with Gasteiger partial charge < -0.3 is 23.4 Å². The van der Waals surface area contributed by atoms with E-state index in [1.165, 1.54) is 0 Å². The number of fused-ring (bicyclic) bond motifs is 1. The Kier molecular flexibility index (Phi) is 5.53. The van der Waals surface area contributed by atoms with Crippen molar-refractivity contribution in [2.75, 3.05) is 28.4 Å². The van der Waals surface area contributed by atoms with Gasteiger partial charge in [0.25, 0.3) is 0 Å². The second-order valence-corrected chi connectivity index (χ2v) is 6.84. The molecule has 0 atom stereocenters. The molecule has 0 saturated heterocycles. The van der Waals surface area contributed by atoms with Crippen molar-refractivity contribution in [2.45, 2.75) is 6.42 Å². The highest BCUT2D eigenvalue weighted by Gasteiger charge is 2.19. The first kappa shape index (κ1) is 19.7. The van der Waals surface area contributed by atoms with Crippen LogP contribution in [-0.4, -0.2) is 28.4 Å². The Morgan fingerprint density at radius 2 is 1.40 bits per heavy atom. The summed E-state index contributed by atoms with van der Waals surface area (Å²) in [5.41, 5.74) is 3.98. The van der Waals surface area contributed by atoms with Crippen molar-refractivity contribution in [2.24, 2.45) is 0 Å². The van der Waals surface area contributed by atoms with E-state index in [9.17, 15) is 0 Å². The molecule has 30 heavy (non-hydrogen) atoms. The van der Waals surface area contributed by atoms with Gasteiger partial charge in [0.05, 0.1) is 28.4 Å². The Morgan fingerprint density at radius 3 is 2.00 bits per heavy atom. The topological polar surface area (TPSA) is 50.1 Å². The Balaban J connectivity index is 1.84. The largest absolute Gasteiger partial charge is 0.497 e. The van der Waals surface area contributed by atoms with Gasteiger partial charge in [-0.1, -0.05) is 18.2 Å². The first-order valence-electron chi connectivity index (χ1n) is 9.62. The van der Waals surface area contributed by atoms with E-state index in [0.29, 0.717) is 23.7 Å². The fraction of sp³-hybridized carbons (Fsp3) is 0.200. The van der Waals surface area contributed by atoms with Gasteiger partial charge in [-0.05, 0) is 48.0 Å². The second kappa shape index (κ2) is 8.41. The molecule has 0 aliphatic rings. The van der Waals surface area contributed by atoms with Gasteiger partial charge in [0.2, 0.25) is 5.75 Å². The Labute approximate surface area is 175 Å². The molecule has 0 aliphatic carbocycles. The zero-order valence-corrected chi connectivity index (χ0v) is 17.5. The van der Waals surface area contributed by atoms with Gasteiger partial charge in [0.15, 0.2) is 11.5 Å². The molecule has 1 aromatic heterocycles. The summed E-state index contributed by atoms with van der Waals surface area (Å²) < 4.78 is 28.1. The van der Waals surface area contributed by atoms with Crippen molar-refractivity contribution in [3.8, 4) is 34.3 Å². The number of ether oxygens (including phenoxy) is 4. The fourth-order valence-electron chi connectivity index (χ4n) is 3.69. The molecule has 154 valence electrons. The highest BCUT2D eigenvalue weighted by atomic mass is 16.5. The van der Waals surface area contributed by atoms with Crippen LogP contribution in [0.15, 0.2) is 65.1 Å². The molecule has 5 heteroatoms. The van der Waals surface area contributed by atoms with Crippen molar-refractivity contribution in [1.29, 1.82) is 0 Å². The van der Waals surface area contributed by atoms with Crippen molar-refractivity contribution in [3.05, 3.63) is 71.8 Å².